The molecule has 1 fully saturated rings. The van der Waals surface area contributed by atoms with E-state index in [1.807, 2.05) is 65.6 Å². The number of para-hydroxylation sites is 2. The molecule has 1 aromatic heterocycles. The van der Waals surface area contributed by atoms with Crippen molar-refractivity contribution in [1.29, 1.82) is 0 Å². The second-order valence-corrected chi connectivity index (χ2v) is 7.95. The first kappa shape index (κ1) is 20.1. The number of thioether (sulfide) groups is 1. The lowest BCUT2D eigenvalue weighted by atomic mass is 9.96. The number of carbonyl (C=O) groups excluding carboxylic acids is 2. The van der Waals surface area contributed by atoms with Gasteiger partial charge in [0.25, 0.3) is 0 Å². The molecule has 0 atom stereocenters. The Morgan fingerprint density at radius 2 is 1.67 bits per heavy atom. The third kappa shape index (κ3) is 4.85. The van der Waals surface area contributed by atoms with Gasteiger partial charge in [0.15, 0.2) is 0 Å². The normalized spacial score (nSPS) is 14.5. The predicted molar refractivity (Wildman–Crippen MR) is 114 cm³/mol. The summed E-state index contributed by atoms with van der Waals surface area (Å²) < 4.78 is 1.62. The lowest BCUT2D eigenvalue weighted by Crippen LogP contribution is -2.42. The van der Waals surface area contributed by atoms with Crippen molar-refractivity contribution in [3.8, 4) is 5.69 Å². The first-order chi connectivity index (χ1) is 14.7. The molecule has 30 heavy (non-hydrogen) atoms. The van der Waals surface area contributed by atoms with E-state index in [0.717, 1.165) is 11.4 Å². The molecule has 1 aliphatic heterocycles. The zero-order valence-electron chi connectivity index (χ0n) is 16.3. The quantitative estimate of drug-likeness (QED) is 0.614. The number of benzene rings is 2. The van der Waals surface area contributed by atoms with Gasteiger partial charge in [-0.2, -0.15) is 4.68 Å². The zero-order chi connectivity index (χ0) is 20.8. The van der Waals surface area contributed by atoms with E-state index in [2.05, 4.69) is 20.8 Å². The van der Waals surface area contributed by atoms with Crippen molar-refractivity contribution in [3.63, 3.8) is 0 Å². The molecule has 2 heterocycles. The molecule has 0 aliphatic carbocycles. The van der Waals surface area contributed by atoms with Crippen molar-refractivity contribution < 1.29 is 9.59 Å². The summed E-state index contributed by atoms with van der Waals surface area (Å²) in [5, 5.41) is 15.3. The van der Waals surface area contributed by atoms with Crippen LogP contribution in [0.1, 0.15) is 12.8 Å². The summed E-state index contributed by atoms with van der Waals surface area (Å²) in [5.41, 5.74) is 1.65. The molecule has 0 saturated carbocycles. The number of aromatic nitrogens is 4. The highest BCUT2D eigenvalue weighted by atomic mass is 32.2. The number of hydrogen-bond donors (Lipinski definition) is 1. The van der Waals surface area contributed by atoms with Crippen LogP contribution in [0.3, 0.4) is 0 Å². The number of nitrogens with zero attached hydrogens (tertiary/aromatic N) is 5. The number of tetrazole rings is 1. The molecule has 3 aromatic rings. The van der Waals surface area contributed by atoms with Crippen LogP contribution in [-0.2, 0) is 9.59 Å². The summed E-state index contributed by atoms with van der Waals surface area (Å²) >= 11 is 1.32. The maximum Gasteiger partial charge on any atom is 0.233 e. The molecule has 0 radical (unpaired) electrons. The van der Waals surface area contributed by atoms with Gasteiger partial charge in [-0.25, -0.2) is 0 Å². The van der Waals surface area contributed by atoms with Crippen LogP contribution in [0.25, 0.3) is 5.69 Å². The van der Waals surface area contributed by atoms with E-state index in [9.17, 15) is 9.59 Å². The number of hydrogen-bond acceptors (Lipinski definition) is 6. The van der Waals surface area contributed by atoms with Gasteiger partial charge in [-0.1, -0.05) is 48.2 Å². The third-order valence-electron chi connectivity index (χ3n) is 5.03. The van der Waals surface area contributed by atoms with Crippen LogP contribution in [0.2, 0.25) is 0 Å². The number of carbonyl (C=O) groups is 2. The van der Waals surface area contributed by atoms with E-state index < -0.39 is 0 Å². The van der Waals surface area contributed by atoms with Crippen molar-refractivity contribution in [2.75, 3.05) is 24.2 Å². The lowest BCUT2D eigenvalue weighted by molar-refractivity contribution is -0.132. The second-order valence-electron chi connectivity index (χ2n) is 7.01. The van der Waals surface area contributed by atoms with E-state index >= 15 is 0 Å². The van der Waals surface area contributed by atoms with Crippen LogP contribution in [0.15, 0.2) is 65.8 Å². The molecule has 1 N–H and O–H groups in total. The molecule has 0 bridgehead atoms. The SMILES string of the molecule is O=C(Nc1ccccc1)C1CCN(C(=O)CSc2nnnn2-c2ccccc2)CC1. The molecule has 2 amide bonds. The number of likely N-dealkylation sites (tertiary alicyclic amines) is 1. The number of rotatable bonds is 6. The Labute approximate surface area is 178 Å². The fourth-order valence-electron chi connectivity index (χ4n) is 3.37. The number of piperidine rings is 1. The van der Waals surface area contributed by atoms with Crippen LogP contribution in [0.5, 0.6) is 0 Å². The predicted octanol–water partition coefficient (Wildman–Crippen LogP) is 2.63. The van der Waals surface area contributed by atoms with E-state index in [0.29, 0.717) is 31.1 Å². The fraction of sp³-hybridized carbons (Fsp3) is 0.286. The van der Waals surface area contributed by atoms with Gasteiger partial charge in [0.1, 0.15) is 0 Å². The highest BCUT2D eigenvalue weighted by Gasteiger charge is 2.27. The smallest absolute Gasteiger partial charge is 0.233 e. The van der Waals surface area contributed by atoms with Gasteiger partial charge in [-0.15, -0.1) is 5.10 Å². The van der Waals surface area contributed by atoms with Crippen LogP contribution in [-0.4, -0.2) is 55.8 Å². The summed E-state index contributed by atoms with van der Waals surface area (Å²) in [5.74, 6) is 0.232. The Balaban J connectivity index is 1.26. The van der Waals surface area contributed by atoms with Crippen LogP contribution < -0.4 is 5.32 Å². The van der Waals surface area contributed by atoms with Gasteiger partial charge >= 0.3 is 0 Å². The summed E-state index contributed by atoms with van der Waals surface area (Å²) in [4.78, 5) is 26.9. The van der Waals surface area contributed by atoms with Gasteiger partial charge < -0.3 is 10.2 Å². The molecular formula is C21H22N6O2S. The molecule has 1 aliphatic rings. The molecule has 4 rings (SSSR count). The Bertz CT molecular complexity index is 987. The van der Waals surface area contributed by atoms with Gasteiger partial charge in [-0.05, 0) is 47.5 Å². The van der Waals surface area contributed by atoms with E-state index in [1.54, 1.807) is 4.68 Å². The Hall–Kier alpha value is -3.20. The molecule has 1 saturated heterocycles. The Kier molecular flexibility index (Phi) is 6.38. The van der Waals surface area contributed by atoms with Gasteiger partial charge in [-0.3, -0.25) is 9.59 Å². The fourth-order valence-corrected chi connectivity index (χ4v) is 4.17. The molecular weight excluding hydrogens is 400 g/mol. The molecule has 0 spiro atoms. The first-order valence-electron chi connectivity index (χ1n) is 9.81. The van der Waals surface area contributed by atoms with Crippen molar-refractivity contribution in [3.05, 3.63) is 60.7 Å². The van der Waals surface area contributed by atoms with Crippen LogP contribution in [0, 0.1) is 5.92 Å². The minimum Gasteiger partial charge on any atom is -0.342 e. The van der Waals surface area contributed by atoms with Crippen LogP contribution >= 0.6 is 11.8 Å². The first-order valence-corrected chi connectivity index (χ1v) is 10.8. The summed E-state index contributed by atoms with van der Waals surface area (Å²) in [7, 11) is 0. The highest BCUT2D eigenvalue weighted by Crippen LogP contribution is 2.22. The summed E-state index contributed by atoms with van der Waals surface area (Å²) in [6, 6.07) is 19.0. The van der Waals surface area contributed by atoms with E-state index in [4.69, 9.17) is 0 Å². The minimum absolute atomic E-state index is 0.0183. The van der Waals surface area contributed by atoms with Crippen molar-refractivity contribution in [1.82, 2.24) is 25.1 Å². The van der Waals surface area contributed by atoms with Gasteiger partial charge in [0, 0.05) is 24.7 Å². The van der Waals surface area contributed by atoms with E-state index in [-0.39, 0.29) is 23.5 Å². The van der Waals surface area contributed by atoms with Crippen molar-refractivity contribution in [2.45, 2.75) is 18.0 Å². The molecule has 154 valence electrons. The Morgan fingerprint density at radius 1 is 1.00 bits per heavy atom. The minimum atomic E-state index is -0.0766. The second kappa shape index (κ2) is 9.53. The largest absolute Gasteiger partial charge is 0.342 e. The average molecular weight is 423 g/mol. The van der Waals surface area contributed by atoms with Gasteiger partial charge in [0.05, 0.1) is 11.4 Å². The zero-order valence-corrected chi connectivity index (χ0v) is 17.2. The third-order valence-corrected chi connectivity index (χ3v) is 5.93. The van der Waals surface area contributed by atoms with Crippen molar-refractivity contribution in [2.24, 2.45) is 5.92 Å². The molecule has 8 nitrogen and oxygen atoms in total. The molecule has 0 unspecified atom stereocenters. The number of anilines is 1. The monoisotopic (exact) mass is 422 g/mol. The van der Waals surface area contributed by atoms with Gasteiger partial charge in [0.2, 0.25) is 17.0 Å². The van der Waals surface area contributed by atoms with Crippen molar-refractivity contribution >= 4 is 29.3 Å². The number of amides is 2. The molecule has 2 aromatic carbocycles. The Morgan fingerprint density at radius 3 is 2.37 bits per heavy atom. The maximum atomic E-state index is 12.6. The summed E-state index contributed by atoms with van der Waals surface area (Å²) in [6.45, 7) is 1.16. The maximum absolute atomic E-state index is 12.6. The lowest BCUT2D eigenvalue weighted by Gasteiger charge is -2.31. The average Bonchev–Trinajstić information content (AvgIpc) is 3.27. The number of nitrogens with one attached hydrogen (secondary N) is 1. The topological polar surface area (TPSA) is 93.0 Å². The molecule has 9 heteroatoms. The highest BCUT2D eigenvalue weighted by molar-refractivity contribution is 7.99. The standard InChI is InChI=1S/C21H22N6O2S/c28-19(15-30-21-23-24-25-27(21)18-9-5-2-6-10-18)26-13-11-16(12-14-26)20(29)22-17-7-3-1-4-8-17/h1-10,16H,11-15H2,(H,22,29). The van der Waals surface area contributed by atoms with E-state index in [1.165, 1.54) is 11.8 Å². The summed E-state index contributed by atoms with van der Waals surface area (Å²) in [6.07, 6.45) is 1.33. The van der Waals surface area contributed by atoms with Crippen LogP contribution in [0.4, 0.5) is 5.69 Å².